The molecule has 3 heteroatoms. The van der Waals surface area contributed by atoms with Gasteiger partial charge in [0.05, 0.1) is 6.10 Å². The van der Waals surface area contributed by atoms with Gasteiger partial charge in [-0.05, 0) is 38.8 Å². The first-order valence-electron chi connectivity index (χ1n) is 6.11. The van der Waals surface area contributed by atoms with Crippen LogP contribution < -0.4 is 4.90 Å². The molecule has 3 nitrogen and oxygen atoms in total. The molecule has 1 aromatic rings. The highest BCUT2D eigenvalue weighted by atomic mass is 16.5. The number of hydrogen-bond acceptors (Lipinski definition) is 2. The fourth-order valence-electron chi connectivity index (χ4n) is 2.25. The Hall–Kier alpha value is -1.35. The molecule has 1 aromatic carbocycles. The van der Waals surface area contributed by atoms with Gasteiger partial charge in [0.1, 0.15) is 6.61 Å². The fraction of sp³-hybridized carbons (Fsp3) is 0.500. The molecule has 1 heterocycles. The second kappa shape index (κ2) is 4.88. The minimum Gasteiger partial charge on any atom is -0.369 e. The Morgan fingerprint density at radius 1 is 1.47 bits per heavy atom. The molecule has 0 saturated heterocycles. The van der Waals surface area contributed by atoms with Crippen molar-refractivity contribution in [3.05, 3.63) is 29.8 Å². The van der Waals surface area contributed by atoms with Crippen LogP contribution in [0, 0.1) is 0 Å². The zero-order valence-corrected chi connectivity index (χ0v) is 10.6. The molecular weight excluding hydrogens is 214 g/mol. The Balaban J connectivity index is 2.13. The SMILES string of the molecule is CC(C)OCC(=O)N1c2ccccc2CC1C. The van der Waals surface area contributed by atoms with E-state index in [4.69, 9.17) is 4.74 Å². The maximum absolute atomic E-state index is 12.1. The molecule has 0 spiro atoms. The van der Waals surface area contributed by atoms with Gasteiger partial charge in [-0.1, -0.05) is 18.2 Å². The molecule has 1 amide bonds. The van der Waals surface area contributed by atoms with Gasteiger partial charge in [0.15, 0.2) is 0 Å². The van der Waals surface area contributed by atoms with E-state index in [0.29, 0.717) is 0 Å². The first-order valence-corrected chi connectivity index (χ1v) is 6.11. The molecule has 0 bridgehead atoms. The summed E-state index contributed by atoms with van der Waals surface area (Å²) in [6, 6.07) is 8.31. The molecule has 0 aromatic heterocycles. The Morgan fingerprint density at radius 3 is 2.88 bits per heavy atom. The second-order valence-electron chi connectivity index (χ2n) is 4.81. The minimum absolute atomic E-state index is 0.0520. The van der Waals surface area contributed by atoms with Crippen LogP contribution in [0.2, 0.25) is 0 Å². The Kier molecular flexibility index (Phi) is 3.48. The molecule has 0 radical (unpaired) electrons. The second-order valence-corrected chi connectivity index (χ2v) is 4.81. The molecule has 0 saturated carbocycles. The van der Waals surface area contributed by atoms with Crippen LogP contribution in [0.5, 0.6) is 0 Å². The first-order chi connectivity index (χ1) is 8.09. The third kappa shape index (κ3) is 2.50. The summed E-state index contributed by atoms with van der Waals surface area (Å²) in [5.74, 6) is 0.0520. The molecule has 2 rings (SSSR count). The Bertz CT molecular complexity index is 414. The largest absolute Gasteiger partial charge is 0.369 e. The van der Waals surface area contributed by atoms with Crippen molar-refractivity contribution in [1.82, 2.24) is 0 Å². The third-order valence-corrected chi connectivity index (χ3v) is 3.02. The lowest BCUT2D eigenvalue weighted by molar-refractivity contribution is -0.124. The average Bonchev–Trinajstić information content (AvgIpc) is 2.61. The fourth-order valence-corrected chi connectivity index (χ4v) is 2.25. The summed E-state index contributed by atoms with van der Waals surface area (Å²) < 4.78 is 5.39. The van der Waals surface area contributed by atoms with E-state index in [0.717, 1.165) is 12.1 Å². The first kappa shape index (κ1) is 12.1. The molecule has 0 N–H and O–H groups in total. The van der Waals surface area contributed by atoms with E-state index in [1.807, 2.05) is 36.9 Å². The van der Waals surface area contributed by atoms with Gasteiger partial charge in [0, 0.05) is 11.7 Å². The summed E-state index contributed by atoms with van der Waals surface area (Å²) in [5, 5.41) is 0. The number of hydrogen-bond donors (Lipinski definition) is 0. The lowest BCUT2D eigenvalue weighted by atomic mass is 10.1. The van der Waals surface area contributed by atoms with E-state index in [-0.39, 0.29) is 24.7 Å². The molecule has 1 aliphatic rings. The molecule has 1 unspecified atom stereocenters. The number of nitrogens with zero attached hydrogens (tertiary/aromatic N) is 1. The summed E-state index contributed by atoms with van der Waals surface area (Å²) in [6.45, 7) is 6.12. The van der Waals surface area contributed by atoms with E-state index >= 15 is 0 Å². The lowest BCUT2D eigenvalue weighted by Gasteiger charge is -2.23. The summed E-state index contributed by atoms with van der Waals surface area (Å²) in [4.78, 5) is 14.0. The molecule has 1 atom stereocenters. The van der Waals surface area contributed by atoms with Gasteiger partial charge in [-0.3, -0.25) is 4.79 Å². The maximum Gasteiger partial charge on any atom is 0.253 e. The van der Waals surface area contributed by atoms with Gasteiger partial charge in [-0.25, -0.2) is 0 Å². The number of carbonyl (C=O) groups is 1. The van der Waals surface area contributed by atoms with Crippen LogP contribution in [0.1, 0.15) is 26.3 Å². The van der Waals surface area contributed by atoms with Crippen LogP contribution in [0.25, 0.3) is 0 Å². The van der Waals surface area contributed by atoms with Crippen LogP contribution in [0.4, 0.5) is 5.69 Å². The van der Waals surface area contributed by atoms with Crippen LogP contribution in [-0.2, 0) is 16.0 Å². The molecule has 92 valence electrons. The van der Waals surface area contributed by atoms with Crippen molar-refractivity contribution in [3.63, 3.8) is 0 Å². The van der Waals surface area contributed by atoms with Crippen molar-refractivity contribution >= 4 is 11.6 Å². The van der Waals surface area contributed by atoms with E-state index in [1.54, 1.807) is 0 Å². The lowest BCUT2D eigenvalue weighted by Crippen LogP contribution is -2.38. The van der Waals surface area contributed by atoms with Crippen molar-refractivity contribution < 1.29 is 9.53 Å². The van der Waals surface area contributed by atoms with Gasteiger partial charge in [-0.15, -0.1) is 0 Å². The molecular formula is C14H19NO2. The topological polar surface area (TPSA) is 29.5 Å². The standard InChI is InChI=1S/C14H19NO2/c1-10(2)17-9-14(16)15-11(3)8-12-6-4-5-7-13(12)15/h4-7,10-11H,8-9H2,1-3H3. The molecule has 0 aliphatic carbocycles. The van der Waals surface area contributed by atoms with Crippen LogP contribution >= 0.6 is 0 Å². The van der Waals surface area contributed by atoms with Crippen LogP contribution in [-0.4, -0.2) is 24.7 Å². The Morgan fingerprint density at radius 2 is 2.18 bits per heavy atom. The maximum atomic E-state index is 12.1. The summed E-state index contributed by atoms with van der Waals surface area (Å²) >= 11 is 0. The Labute approximate surface area is 102 Å². The van der Waals surface area contributed by atoms with Gasteiger partial charge >= 0.3 is 0 Å². The van der Waals surface area contributed by atoms with Crippen molar-refractivity contribution in [3.8, 4) is 0 Å². The van der Waals surface area contributed by atoms with Crippen molar-refractivity contribution in [1.29, 1.82) is 0 Å². The van der Waals surface area contributed by atoms with Gasteiger partial charge in [0.25, 0.3) is 5.91 Å². The highest BCUT2D eigenvalue weighted by Crippen LogP contribution is 2.31. The molecule has 0 fully saturated rings. The smallest absolute Gasteiger partial charge is 0.253 e. The predicted molar refractivity (Wildman–Crippen MR) is 68.2 cm³/mol. The predicted octanol–water partition coefficient (Wildman–Crippen LogP) is 2.39. The van der Waals surface area contributed by atoms with Crippen molar-refractivity contribution in [2.24, 2.45) is 0 Å². The van der Waals surface area contributed by atoms with Gasteiger partial charge < -0.3 is 9.64 Å². The number of carbonyl (C=O) groups excluding carboxylic acids is 1. The van der Waals surface area contributed by atoms with Crippen molar-refractivity contribution in [2.75, 3.05) is 11.5 Å². The number of fused-ring (bicyclic) bond motifs is 1. The monoisotopic (exact) mass is 233 g/mol. The zero-order valence-electron chi connectivity index (χ0n) is 10.6. The third-order valence-electron chi connectivity index (χ3n) is 3.02. The zero-order chi connectivity index (χ0) is 12.4. The number of ether oxygens (including phenoxy) is 1. The normalized spacial score (nSPS) is 18.6. The average molecular weight is 233 g/mol. The van der Waals surface area contributed by atoms with Gasteiger partial charge in [-0.2, -0.15) is 0 Å². The highest BCUT2D eigenvalue weighted by molar-refractivity contribution is 5.97. The van der Waals surface area contributed by atoms with E-state index < -0.39 is 0 Å². The summed E-state index contributed by atoms with van der Waals surface area (Å²) in [7, 11) is 0. The molecule has 17 heavy (non-hydrogen) atoms. The number of amides is 1. The summed E-state index contributed by atoms with van der Waals surface area (Å²) in [5.41, 5.74) is 2.29. The van der Waals surface area contributed by atoms with Crippen LogP contribution in [0.3, 0.4) is 0 Å². The number of rotatable bonds is 3. The number of anilines is 1. The molecule has 1 aliphatic heterocycles. The quantitative estimate of drug-likeness (QED) is 0.802. The number of benzene rings is 1. The number of para-hydroxylation sites is 1. The minimum atomic E-state index is 0.0520. The van der Waals surface area contributed by atoms with Gasteiger partial charge in [0.2, 0.25) is 0 Å². The highest BCUT2D eigenvalue weighted by Gasteiger charge is 2.30. The van der Waals surface area contributed by atoms with Crippen LogP contribution in [0.15, 0.2) is 24.3 Å². The van der Waals surface area contributed by atoms with E-state index in [9.17, 15) is 4.79 Å². The van der Waals surface area contributed by atoms with Crippen molar-refractivity contribution in [2.45, 2.75) is 39.3 Å². The van der Waals surface area contributed by atoms with E-state index in [1.165, 1.54) is 5.56 Å². The van der Waals surface area contributed by atoms with E-state index in [2.05, 4.69) is 13.0 Å². The summed E-state index contributed by atoms with van der Waals surface area (Å²) in [6.07, 6.45) is 1.02.